The van der Waals surface area contributed by atoms with Crippen LogP contribution in [0.1, 0.15) is 6.42 Å². The first-order chi connectivity index (χ1) is 14.1. The maximum absolute atomic E-state index is 12.5. The molecule has 8 nitrogen and oxygen atoms in total. The van der Waals surface area contributed by atoms with Gasteiger partial charge in [-0.15, -0.1) is 0 Å². The van der Waals surface area contributed by atoms with Crippen molar-refractivity contribution >= 4 is 17.5 Å². The van der Waals surface area contributed by atoms with Gasteiger partial charge in [-0.05, 0) is 24.3 Å². The molecule has 2 aromatic rings. The predicted octanol–water partition coefficient (Wildman–Crippen LogP) is 1.77. The topological polar surface area (TPSA) is 86.3 Å². The summed E-state index contributed by atoms with van der Waals surface area (Å²) in [5.74, 6) is 1.99. The molecule has 0 bridgehead atoms. The zero-order valence-corrected chi connectivity index (χ0v) is 16.1. The van der Waals surface area contributed by atoms with Gasteiger partial charge in [-0.3, -0.25) is 9.59 Å². The van der Waals surface area contributed by atoms with Crippen molar-refractivity contribution in [3.05, 3.63) is 42.5 Å². The summed E-state index contributed by atoms with van der Waals surface area (Å²) in [4.78, 5) is 26.4. The smallest absolute Gasteiger partial charge is 0.258 e. The minimum atomic E-state index is -0.294. The molecule has 1 atom stereocenters. The van der Waals surface area contributed by atoms with Crippen LogP contribution in [-0.2, 0) is 9.59 Å². The maximum atomic E-state index is 12.5. The third-order valence-corrected chi connectivity index (χ3v) is 4.76. The maximum Gasteiger partial charge on any atom is 0.258 e. The van der Waals surface area contributed by atoms with Crippen molar-refractivity contribution in [2.45, 2.75) is 12.5 Å². The number of para-hydroxylation sites is 2. The molecule has 1 saturated heterocycles. The van der Waals surface area contributed by atoms with Gasteiger partial charge in [0.15, 0.2) is 29.6 Å². The van der Waals surface area contributed by atoms with Gasteiger partial charge >= 0.3 is 0 Å². The lowest BCUT2D eigenvalue weighted by Crippen LogP contribution is -2.39. The number of carbonyl (C=O) groups excluding carboxylic acids is 2. The fraction of sp³-hybridized carbons (Fsp3) is 0.333. The number of ether oxygens (including phenoxy) is 4. The summed E-state index contributed by atoms with van der Waals surface area (Å²) in [6.07, 6.45) is 0.231. The lowest BCUT2D eigenvalue weighted by Gasteiger charge is -2.22. The van der Waals surface area contributed by atoms with Gasteiger partial charge in [-0.1, -0.05) is 12.1 Å². The molecular weight excluding hydrogens is 376 g/mol. The Bertz CT molecular complexity index is 916. The van der Waals surface area contributed by atoms with Gasteiger partial charge in [-0.2, -0.15) is 0 Å². The van der Waals surface area contributed by atoms with E-state index in [0.717, 1.165) is 5.69 Å². The standard InChI is InChI=1S/C21H22N2O6/c1-26-16-4-2-3-5-17(16)29-13-20(24)22-14-10-21(25)23(12-14)15-6-7-18-19(11-15)28-9-8-27-18/h2-7,11,14H,8-10,12-13H2,1H3,(H,22,24)/t14-/m0/s1. The number of anilines is 1. The number of nitrogens with zero attached hydrogens (tertiary/aromatic N) is 1. The quantitative estimate of drug-likeness (QED) is 0.798. The van der Waals surface area contributed by atoms with E-state index in [4.69, 9.17) is 18.9 Å². The van der Waals surface area contributed by atoms with Crippen molar-refractivity contribution in [2.75, 3.05) is 38.4 Å². The molecule has 0 saturated carbocycles. The Morgan fingerprint density at radius 1 is 1.14 bits per heavy atom. The van der Waals surface area contributed by atoms with E-state index in [2.05, 4.69) is 5.32 Å². The van der Waals surface area contributed by atoms with Gasteiger partial charge in [-0.25, -0.2) is 0 Å². The molecule has 2 aromatic carbocycles. The van der Waals surface area contributed by atoms with Crippen molar-refractivity contribution in [1.29, 1.82) is 0 Å². The van der Waals surface area contributed by atoms with Crippen LogP contribution in [0.15, 0.2) is 42.5 Å². The Morgan fingerprint density at radius 3 is 2.69 bits per heavy atom. The van der Waals surface area contributed by atoms with Gasteiger partial charge in [0.25, 0.3) is 5.91 Å². The van der Waals surface area contributed by atoms with Gasteiger partial charge in [0, 0.05) is 24.7 Å². The van der Waals surface area contributed by atoms with Crippen molar-refractivity contribution in [3.8, 4) is 23.0 Å². The molecule has 2 aliphatic rings. The third-order valence-electron chi connectivity index (χ3n) is 4.76. The highest BCUT2D eigenvalue weighted by Crippen LogP contribution is 2.35. The predicted molar refractivity (Wildman–Crippen MR) is 105 cm³/mol. The molecule has 8 heteroatoms. The number of hydrogen-bond acceptors (Lipinski definition) is 6. The molecule has 0 aromatic heterocycles. The second-order valence-electron chi connectivity index (χ2n) is 6.74. The van der Waals surface area contributed by atoms with Crippen molar-refractivity contribution in [3.63, 3.8) is 0 Å². The van der Waals surface area contributed by atoms with Crippen LogP contribution in [0.2, 0.25) is 0 Å². The van der Waals surface area contributed by atoms with Crippen LogP contribution in [0.5, 0.6) is 23.0 Å². The number of hydrogen-bond donors (Lipinski definition) is 1. The van der Waals surface area contributed by atoms with Crippen LogP contribution in [-0.4, -0.2) is 51.3 Å². The Kier molecular flexibility index (Phi) is 5.41. The molecule has 0 radical (unpaired) electrons. The molecule has 1 fully saturated rings. The summed E-state index contributed by atoms with van der Waals surface area (Å²) in [6, 6.07) is 12.2. The highest BCUT2D eigenvalue weighted by atomic mass is 16.6. The summed E-state index contributed by atoms with van der Waals surface area (Å²) < 4.78 is 21.8. The van der Waals surface area contributed by atoms with E-state index in [9.17, 15) is 9.59 Å². The van der Waals surface area contributed by atoms with Crippen LogP contribution in [0.25, 0.3) is 0 Å². The monoisotopic (exact) mass is 398 g/mol. The van der Waals surface area contributed by atoms with Crippen LogP contribution in [0.4, 0.5) is 5.69 Å². The number of amides is 2. The van der Waals surface area contributed by atoms with E-state index in [1.165, 1.54) is 0 Å². The summed E-state index contributed by atoms with van der Waals surface area (Å²) in [5, 5.41) is 2.86. The van der Waals surface area contributed by atoms with Crippen LogP contribution in [0.3, 0.4) is 0 Å². The number of nitrogens with one attached hydrogen (secondary N) is 1. The average molecular weight is 398 g/mol. The van der Waals surface area contributed by atoms with E-state index < -0.39 is 0 Å². The van der Waals surface area contributed by atoms with E-state index in [-0.39, 0.29) is 30.9 Å². The van der Waals surface area contributed by atoms with Crippen LogP contribution in [0, 0.1) is 0 Å². The Balaban J connectivity index is 1.34. The van der Waals surface area contributed by atoms with E-state index in [0.29, 0.717) is 42.8 Å². The highest BCUT2D eigenvalue weighted by Gasteiger charge is 2.32. The molecule has 0 unspecified atom stereocenters. The number of fused-ring (bicyclic) bond motifs is 1. The second kappa shape index (κ2) is 8.30. The van der Waals surface area contributed by atoms with Crippen LogP contribution >= 0.6 is 0 Å². The van der Waals surface area contributed by atoms with E-state index >= 15 is 0 Å². The highest BCUT2D eigenvalue weighted by molar-refractivity contribution is 5.97. The zero-order valence-electron chi connectivity index (χ0n) is 16.1. The fourth-order valence-corrected chi connectivity index (χ4v) is 3.40. The lowest BCUT2D eigenvalue weighted by atomic mass is 10.2. The first-order valence-corrected chi connectivity index (χ1v) is 9.39. The molecule has 0 spiro atoms. The fourth-order valence-electron chi connectivity index (χ4n) is 3.40. The van der Waals surface area contributed by atoms with Gasteiger partial charge < -0.3 is 29.2 Å². The molecule has 0 aliphatic carbocycles. The van der Waals surface area contributed by atoms with Crippen molar-refractivity contribution in [1.82, 2.24) is 5.32 Å². The van der Waals surface area contributed by atoms with Crippen molar-refractivity contribution in [2.24, 2.45) is 0 Å². The normalized spacial score (nSPS) is 17.8. The SMILES string of the molecule is COc1ccccc1OCC(=O)N[C@H]1CC(=O)N(c2ccc3c(c2)OCCO3)C1. The van der Waals surface area contributed by atoms with Gasteiger partial charge in [0.2, 0.25) is 5.91 Å². The molecule has 1 N–H and O–H groups in total. The minimum absolute atomic E-state index is 0.0578. The molecule has 152 valence electrons. The third kappa shape index (κ3) is 4.21. The molecule has 2 amide bonds. The summed E-state index contributed by atoms with van der Waals surface area (Å²) >= 11 is 0. The summed E-state index contributed by atoms with van der Waals surface area (Å²) in [7, 11) is 1.54. The van der Waals surface area contributed by atoms with Gasteiger partial charge in [0.05, 0.1) is 13.2 Å². The molecule has 4 rings (SSSR count). The van der Waals surface area contributed by atoms with Crippen molar-refractivity contribution < 1.29 is 28.5 Å². The number of methoxy groups -OCH3 is 1. The Morgan fingerprint density at radius 2 is 1.90 bits per heavy atom. The molecular formula is C21H22N2O6. The molecule has 2 heterocycles. The molecule has 29 heavy (non-hydrogen) atoms. The minimum Gasteiger partial charge on any atom is -0.493 e. The first-order valence-electron chi connectivity index (χ1n) is 9.39. The first kappa shape index (κ1) is 18.9. The second-order valence-corrected chi connectivity index (χ2v) is 6.74. The largest absolute Gasteiger partial charge is 0.493 e. The van der Waals surface area contributed by atoms with E-state index in [1.54, 1.807) is 42.3 Å². The average Bonchev–Trinajstić information content (AvgIpc) is 3.11. The number of benzene rings is 2. The Labute approximate surface area is 168 Å². The number of rotatable bonds is 6. The zero-order chi connectivity index (χ0) is 20.2. The molecule has 2 aliphatic heterocycles. The van der Waals surface area contributed by atoms with E-state index in [1.807, 2.05) is 12.1 Å². The number of carbonyl (C=O) groups is 2. The van der Waals surface area contributed by atoms with Crippen LogP contribution < -0.4 is 29.2 Å². The Hall–Kier alpha value is -3.42. The summed E-state index contributed by atoms with van der Waals surface area (Å²) in [5.41, 5.74) is 0.723. The lowest BCUT2D eigenvalue weighted by molar-refractivity contribution is -0.123. The van der Waals surface area contributed by atoms with Gasteiger partial charge in [0.1, 0.15) is 13.2 Å². The summed E-state index contributed by atoms with van der Waals surface area (Å²) in [6.45, 7) is 1.23.